The number of unbranched alkanes of at least 4 members (excludes halogenated alkanes) is 1. The van der Waals surface area contributed by atoms with Crippen molar-refractivity contribution in [2.45, 2.75) is 53.4 Å². The highest BCUT2D eigenvalue weighted by Gasteiger charge is 2.01. The summed E-state index contributed by atoms with van der Waals surface area (Å²) in [7, 11) is 0. The van der Waals surface area contributed by atoms with Crippen LogP contribution in [0.5, 0.6) is 0 Å². The van der Waals surface area contributed by atoms with E-state index in [9.17, 15) is 4.79 Å². The summed E-state index contributed by atoms with van der Waals surface area (Å²) >= 11 is 0. The molecule has 0 fully saturated rings. The first-order valence-electron chi connectivity index (χ1n) is 7.56. The average molecular weight is 299 g/mol. The molecule has 0 saturated heterocycles. The molecule has 0 amide bonds. The highest BCUT2D eigenvalue weighted by atomic mass is 16.3. The van der Waals surface area contributed by atoms with Gasteiger partial charge in [0.05, 0.1) is 6.26 Å². The first-order chi connectivity index (χ1) is 10.0. The second-order valence-electron chi connectivity index (χ2n) is 4.32. The Morgan fingerprint density at radius 3 is 2.24 bits per heavy atom. The normalized spacial score (nSPS) is 11.8. The average Bonchev–Trinajstić information content (AvgIpc) is 2.47. The zero-order chi connectivity index (χ0) is 17.1. The van der Waals surface area contributed by atoms with Crippen LogP contribution >= 0.6 is 0 Å². The Hall–Kier alpha value is -1.55. The zero-order valence-electron chi connectivity index (χ0n) is 14.0. The van der Waals surface area contributed by atoms with Crippen LogP contribution in [0, 0.1) is 5.92 Å². The number of aliphatic hydroxyl groups is 2. The van der Waals surface area contributed by atoms with Gasteiger partial charge in [0.25, 0.3) is 0 Å². The topological polar surface area (TPSA) is 83.5 Å². The van der Waals surface area contributed by atoms with E-state index in [2.05, 4.69) is 13.5 Å². The van der Waals surface area contributed by atoms with E-state index >= 15 is 0 Å². The van der Waals surface area contributed by atoms with E-state index in [4.69, 9.17) is 15.9 Å². The van der Waals surface area contributed by atoms with Gasteiger partial charge in [0.15, 0.2) is 0 Å². The van der Waals surface area contributed by atoms with Crippen LogP contribution in [0.25, 0.3) is 0 Å². The maximum atomic E-state index is 10.3. The lowest BCUT2D eigenvalue weighted by Gasteiger charge is -2.04. The van der Waals surface area contributed by atoms with Crippen LogP contribution in [0.2, 0.25) is 0 Å². The smallest absolute Gasteiger partial charge is 0.122 e. The molecule has 1 unspecified atom stereocenters. The number of rotatable bonds is 8. The highest BCUT2D eigenvalue weighted by molar-refractivity contribution is 5.52. The Kier molecular flexibility index (Phi) is 24.2. The van der Waals surface area contributed by atoms with E-state index in [1.54, 1.807) is 0 Å². The Morgan fingerprint density at radius 1 is 1.38 bits per heavy atom. The van der Waals surface area contributed by atoms with E-state index in [1.807, 2.05) is 20.8 Å². The molecule has 0 rings (SSSR count). The number of allylic oxidation sites excluding steroid dienone is 3. The maximum absolute atomic E-state index is 10.3. The SMILES string of the molecule is C=C(O)/C=C(\C=C/O)CCC(C)C=O.CC.CCCCN. The zero-order valence-corrected chi connectivity index (χ0v) is 14.0. The third kappa shape index (κ3) is 23.9. The van der Waals surface area contributed by atoms with Crippen molar-refractivity contribution in [2.24, 2.45) is 11.7 Å². The molecule has 21 heavy (non-hydrogen) atoms. The standard InChI is InChI=1S/C11H16O3.C4H11N.C2H6/c1-9(8-13)3-4-11(5-6-12)7-10(2)14;1-2-3-4-5;1-2/h5-9,12,14H,2-4H2,1H3;2-5H2,1H3;1-2H3/b6-5-,11-7-;;. The lowest BCUT2D eigenvalue weighted by molar-refractivity contribution is -0.110. The van der Waals surface area contributed by atoms with Crippen molar-refractivity contribution in [1.82, 2.24) is 0 Å². The lowest BCUT2D eigenvalue weighted by Crippen LogP contribution is -1.96. The van der Waals surface area contributed by atoms with Gasteiger partial charge >= 0.3 is 0 Å². The van der Waals surface area contributed by atoms with E-state index in [1.165, 1.54) is 25.0 Å². The Bertz CT molecular complexity index is 294. The van der Waals surface area contributed by atoms with Crippen molar-refractivity contribution >= 4 is 6.29 Å². The van der Waals surface area contributed by atoms with Gasteiger partial charge < -0.3 is 20.7 Å². The summed E-state index contributed by atoms with van der Waals surface area (Å²) in [6, 6.07) is 0. The molecule has 4 nitrogen and oxygen atoms in total. The molecule has 0 aromatic rings. The van der Waals surface area contributed by atoms with Crippen molar-refractivity contribution < 1.29 is 15.0 Å². The predicted octanol–water partition coefficient (Wildman–Crippen LogP) is 4.44. The van der Waals surface area contributed by atoms with Crippen LogP contribution in [-0.4, -0.2) is 23.0 Å². The summed E-state index contributed by atoms with van der Waals surface area (Å²) in [4.78, 5) is 10.3. The number of carbonyl (C=O) groups excluding carboxylic acids is 1. The molecule has 0 radical (unpaired) electrons. The van der Waals surface area contributed by atoms with Gasteiger partial charge in [-0.25, -0.2) is 0 Å². The highest BCUT2D eigenvalue weighted by Crippen LogP contribution is 2.13. The van der Waals surface area contributed by atoms with Crippen LogP contribution in [0.3, 0.4) is 0 Å². The fourth-order valence-electron chi connectivity index (χ4n) is 1.18. The van der Waals surface area contributed by atoms with Gasteiger partial charge in [0.1, 0.15) is 12.0 Å². The first-order valence-corrected chi connectivity index (χ1v) is 7.56. The second-order valence-corrected chi connectivity index (χ2v) is 4.32. The quantitative estimate of drug-likeness (QED) is 0.351. The van der Waals surface area contributed by atoms with Crippen molar-refractivity contribution in [2.75, 3.05) is 6.54 Å². The van der Waals surface area contributed by atoms with E-state index < -0.39 is 0 Å². The van der Waals surface area contributed by atoms with Crippen LogP contribution in [0.4, 0.5) is 0 Å². The first kappa shape index (κ1) is 24.5. The van der Waals surface area contributed by atoms with Crippen LogP contribution in [-0.2, 0) is 4.79 Å². The van der Waals surface area contributed by atoms with Crippen molar-refractivity contribution in [3.8, 4) is 0 Å². The number of nitrogens with two attached hydrogens (primary N) is 1. The van der Waals surface area contributed by atoms with E-state index in [0.717, 1.165) is 24.7 Å². The summed E-state index contributed by atoms with van der Waals surface area (Å²) in [5.41, 5.74) is 5.88. The van der Waals surface area contributed by atoms with Crippen molar-refractivity contribution in [3.63, 3.8) is 0 Å². The number of aldehydes is 1. The van der Waals surface area contributed by atoms with Gasteiger partial charge in [-0.05, 0) is 43.5 Å². The molecule has 1 atom stereocenters. The minimum Gasteiger partial charge on any atom is -0.516 e. The Morgan fingerprint density at radius 2 is 1.95 bits per heavy atom. The predicted molar refractivity (Wildman–Crippen MR) is 91.4 cm³/mol. The molecule has 0 spiro atoms. The molecule has 0 aromatic heterocycles. The van der Waals surface area contributed by atoms with Gasteiger partial charge in [-0.2, -0.15) is 0 Å². The fraction of sp³-hybridized carbons (Fsp3) is 0.588. The minimum absolute atomic E-state index is 0.0162. The monoisotopic (exact) mass is 299 g/mol. The molecule has 0 aliphatic heterocycles. The summed E-state index contributed by atoms with van der Waals surface area (Å²) < 4.78 is 0. The summed E-state index contributed by atoms with van der Waals surface area (Å²) in [5.74, 6) is -0.0747. The van der Waals surface area contributed by atoms with Gasteiger partial charge in [-0.3, -0.25) is 0 Å². The molecule has 4 N–H and O–H groups in total. The van der Waals surface area contributed by atoms with Crippen LogP contribution < -0.4 is 5.73 Å². The molecular weight excluding hydrogens is 266 g/mol. The number of hydrogen-bond donors (Lipinski definition) is 3. The lowest BCUT2D eigenvalue weighted by atomic mass is 10.0. The largest absolute Gasteiger partial charge is 0.516 e. The molecule has 0 heterocycles. The van der Waals surface area contributed by atoms with E-state index in [0.29, 0.717) is 12.8 Å². The van der Waals surface area contributed by atoms with Crippen LogP contribution in [0.15, 0.2) is 36.3 Å². The Balaban J connectivity index is -0.000000389. The van der Waals surface area contributed by atoms with Gasteiger partial charge in [-0.1, -0.05) is 40.7 Å². The molecule has 0 bridgehead atoms. The third-order valence-electron chi connectivity index (χ3n) is 2.32. The Labute approximate surface area is 130 Å². The van der Waals surface area contributed by atoms with Crippen LogP contribution in [0.1, 0.15) is 53.4 Å². The summed E-state index contributed by atoms with van der Waals surface area (Å²) in [6.45, 7) is 12.1. The number of aliphatic hydroxyl groups excluding tert-OH is 2. The van der Waals surface area contributed by atoms with Crippen molar-refractivity contribution in [1.29, 1.82) is 0 Å². The summed E-state index contributed by atoms with van der Waals surface area (Å²) in [6.07, 6.45) is 8.41. The fourth-order valence-corrected chi connectivity index (χ4v) is 1.18. The molecular formula is C17H33NO3. The maximum Gasteiger partial charge on any atom is 0.122 e. The molecule has 124 valence electrons. The van der Waals surface area contributed by atoms with Gasteiger partial charge in [0.2, 0.25) is 0 Å². The third-order valence-corrected chi connectivity index (χ3v) is 2.32. The molecule has 0 aliphatic rings. The molecule has 0 aromatic carbocycles. The number of carbonyl (C=O) groups is 1. The second kappa shape index (κ2) is 20.8. The summed E-state index contributed by atoms with van der Waals surface area (Å²) in [5, 5.41) is 17.5. The number of hydrogen-bond acceptors (Lipinski definition) is 4. The van der Waals surface area contributed by atoms with Crippen molar-refractivity contribution in [3.05, 3.63) is 36.3 Å². The molecule has 0 saturated carbocycles. The molecule has 0 aliphatic carbocycles. The minimum atomic E-state index is -0.0585. The van der Waals surface area contributed by atoms with Gasteiger partial charge in [-0.15, -0.1) is 0 Å². The van der Waals surface area contributed by atoms with E-state index in [-0.39, 0.29) is 11.7 Å². The molecule has 4 heteroatoms. The van der Waals surface area contributed by atoms with Gasteiger partial charge in [0, 0.05) is 5.92 Å².